The zero-order chi connectivity index (χ0) is 11.4. The van der Waals surface area contributed by atoms with Crippen molar-refractivity contribution in [3.63, 3.8) is 0 Å². The first-order valence-electron chi connectivity index (χ1n) is 4.53. The van der Waals surface area contributed by atoms with Crippen LogP contribution in [0.2, 0.25) is 0 Å². The van der Waals surface area contributed by atoms with Gasteiger partial charge >= 0.3 is 0 Å². The molecule has 0 saturated carbocycles. The summed E-state index contributed by atoms with van der Waals surface area (Å²) in [4.78, 5) is 15.6. The lowest BCUT2D eigenvalue weighted by Gasteiger charge is -2.15. The molecule has 0 saturated heterocycles. The minimum atomic E-state index is -0.114. The van der Waals surface area contributed by atoms with Crippen molar-refractivity contribution >= 4 is 21.9 Å². The molecule has 84 valence electrons. The van der Waals surface area contributed by atoms with Gasteiger partial charge in [-0.05, 0) is 22.9 Å². The number of nitrogens with zero attached hydrogens (tertiary/aromatic N) is 2. The summed E-state index contributed by atoms with van der Waals surface area (Å²) in [5.41, 5.74) is -0.114. The Morgan fingerprint density at radius 3 is 3.00 bits per heavy atom. The molecule has 0 aliphatic rings. The van der Waals surface area contributed by atoms with E-state index in [-0.39, 0.29) is 11.6 Å². The summed E-state index contributed by atoms with van der Waals surface area (Å²) < 4.78 is 6.89. The number of hydrogen-bond donors (Lipinski definition) is 1. The smallest absolute Gasteiger partial charge is 0.268 e. The van der Waals surface area contributed by atoms with E-state index in [1.54, 1.807) is 14.2 Å². The van der Waals surface area contributed by atoms with Crippen LogP contribution in [-0.2, 0) is 11.8 Å². The van der Waals surface area contributed by atoms with Gasteiger partial charge in [0.15, 0.2) is 0 Å². The predicted octanol–water partition coefficient (Wildman–Crippen LogP) is 0.990. The zero-order valence-electron chi connectivity index (χ0n) is 8.95. The highest BCUT2D eigenvalue weighted by Crippen LogP contribution is 2.05. The lowest BCUT2D eigenvalue weighted by molar-refractivity contribution is 0.190. The molecule has 1 rings (SSSR count). The lowest BCUT2D eigenvalue weighted by atomic mass is 10.4. The molecule has 0 amide bonds. The predicted molar refractivity (Wildman–Crippen MR) is 62.1 cm³/mol. The van der Waals surface area contributed by atoms with Crippen LogP contribution in [0.1, 0.15) is 6.92 Å². The van der Waals surface area contributed by atoms with Crippen molar-refractivity contribution in [3.05, 3.63) is 21.0 Å². The molecule has 1 atom stereocenters. The van der Waals surface area contributed by atoms with Crippen molar-refractivity contribution in [1.29, 1.82) is 0 Å². The number of methoxy groups -OCH3 is 1. The van der Waals surface area contributed by atoms with E-state index >= 15 is 0 Å². The van der Waals surface area contributed by atoms with E-state index in [9.17, 15) is 4.79 Å². The molecule has 0 bridgehead atoms. The van der Waals surface area contributed by atoms with Gasteiger partial charge in [0.1, 0.15) is 4.47 Å². The van der Waals surface area contributed by atoms with Crippen LogP contribution in [0.25, 0.3) is 0 Å². The average Bonchev–Trinajstić information content (AvgIpc) is 2.20. The van der Waals surface area contributed by atoms with E-state index in [4.69, 9.17) is 4.74 Å². The molecule has 1 aromatic rings. The van der Waals surface area contributed by atoms with Gasteiger partial charge in [-0.3, -0.25) is 9.36 Å². The summed E-state index contributed by atoms with van der Waals surface area (Å²) in [6.45, 7) is 2.52. The van der Waals surface area contributed by atoms with Crippen molar-refractivity contribution in [2.45, 2.75) is 13.0 Å². The number of nitrogens with one attached hydrogen (secondary N) is 1. The van der Waals surface area contributed by atoms with Crippen molar-refractivity contribution < 1.29 is 4.74 Å². The quantitative estimate of drug-likeness (QED) is 0.891. The summed E-state index contributed by atoms with van der Waals surface area (Å²) in [5.74, 6) is 0.535. The molecule has 0 aliphatic carbocycles. The van der Waals surface area contributed by atoms with E-state index < -0.39 is 0 Å². The maximum Gasteiger partial charge on any atom is 0.268 e. The molecule has 1 N–H and O–H groups in total. The molecule has 0 radical (unpaired) electrons. The Morgan fingerprint density at radius 2 is 2.40 bits per heavy atom. The van der Waals surface area contributed by atoms with Crippen molar-refractivity contribution in [3.8, 4) is 0 Å². The van der Waals surface area contributed by atoms with E-state index in [1.165, 1.54) is 10.8 Å². The molecule has 0 aromatic carbocycles. The zero-order valence-corrected chi connectivity index (χ0v) is 10.5. The first-order chi connectivity index (χ1) is 7.06. The first-order valence-corrected chi connectivity index (χ1v) is 5.32. The molecule has 1 unspecified atom stereocenters. The summed E-state index contributed by atoms with van der Waals surface area (Å²) in [6.07, 6.45) is 1.49. The number of ether oxygens (including phenoxy) is 1. The second-order valence-electron chi connectivity index (χ2n) is 3.29. The Kier molecular flexibility index (Phi) is 4.28. The fourth-order valence-corrected chi connectivity index (χ4v) is 1.53. The van der Waals surface area contributed by atoms with Gasteiger partial charge in [-0.1, -0.05) is 0 Å². The van der Waals surface area contributed by atoms with Gasteiger partial charge in [0.2, 0.25) is 5.95 Å². The van der Waals surface area contributed by atoms with Crippen LogP contribution in [0.3, 0.4) is 0 Å². The van der Waals surface area contributed by atoms with Crippen LogP contribution in [0.4, 0.5) is 5.95 Å². The monoisotopic (exact) mass is 275 g/mol. The molecule has 1 heterocycles. The maximum atomic E-state index is 11.5. The van der Waals surface area contributed by atoms with E-state index in [1.807, 2.05) is 6.92 Å². The fourth-order valence-electron chi connectivity index (χ4n) is 1.16. The van der Waals surface area contributed by atoms with Crippen LogP contribution in [0, 0.1) is 0 Å². The van der Waals surface area contributed by atoms with Crippen LogP contribution < -0.4 is 10.9 Å². The number of rotatable bonds is 4. The molecule has 0 fully saturated rings. The summed E-state index contributed by atoms with van der Waals surface area (Å²) in [6, 6.07) is 0.106. The van der Waals surface area contributed by atoms with Crippen molar-refractivity contribution in [1.82, 2.24) is 9.55 Å². The third-order valence-electron chi connectivity index (χ3n) is 1.92. The second-order valence-corrected chi connectivity index (χ2v) is 4.15. The lowest BCUT2D eigenvalue weighted by Crippen LogP contribution is -2.28. The standard InChI is InChI=1S/C9H14BrN3O2/c1-6(5-15-3)12-9-11-4-7(10)8(14)13(9)2/h4,6H,5H2,1-3H3,(H,11,12). The molecular weight excluding hydrogens is 262 g/mol. The molecule has 1 aromatic heterocycles. The minimum Gasteiger partial charge on any atom is -0.383 e. The van der Waals surface area contributed by atoms with Gasteiger partial charge in [-0.15, -0.1) is 0 Å². The van der Waals surface area contributed by atoms with Crippen LogP contribution in [-0.4, -0.2) is 29.3 Å². The minimum absolute atomic E-state index is 0.106. The SMILES string of the molecule is COCC(C)Nc1ncc(Br)c(=O)n1C. The van der Waals surface area contributed by atoms with Gasteiger partial charge in [0.25, 0.3) is 5.56 Å². The van der Waals surface area contributed by atoms with E-state index in [0.29, 0.717) is 17.0 Å². The largest absolute Gasteiger partial charge is 0.383 e. The van der Waals surface area contributed by atoms with Crippen LogP contribution in [0.15, 0.2) is 15.5 Å². The molecule has 6 heteroatoms. The molecule has 5 nitrogen and oxygen atoms in total. The highest BCUT2D eigenvalue weighted by atomic mass is 79.9. The topological polar surface area (TPSA) is 56.1 Å². The maximum absolute atomic E-state index is 11.5. The molecule has 0 aliphatic heterocycles. The van der Waals surface area contributed by atoms with Crippen LogP contribution >= 0.6 is 15.9 Å². The Morgan fingerprint density at radius 1 is 1.73 bits per heavy atom. The Balaban J connectivity index is 2.87. The van der Waals surface area contributed by atoms with Crippen molar-refractivity contribution in [2.24, 2.45) is 7.05 Å². The first kappa shape index (κ1) is 12.2. The van der Waals surface area contributed by atoms with Gasteiger partial charge in [-0.25, -0.2) is 4.98 Å². The highest BCUT2D eigenvalue weighted by molar-refractivity contribution is 9.10. The summed E-state index contributed by atoms with van der Waals surface area (Å²) in [5, 5.41) is 3.09. The highest BCUT2D eigenvalue weighted by Gasteiger charge is 2.07. The van der Waals surface area contributed by atoms with Gasteiger partial charge in [-0.2, -0.15) is 0 Å². The van der Waals surface area contributed by atoms with Gasteiger partial charge < -0.3 is 10.1 Å². The van der Waals surface area contributed by atoms with Gasteiger partial charge in [0.05, 0.1) is 12.8 Å². The normalized spacial score (nSPS) is 12.5. The average molecular weight is 276 g/mol. The number of anilines is 1. The summed E-state index contributed by atoms with van der Waals surface area (Å²) in [7, 11) is 3.30. The van der Waals surface area contributed by atoms with Crippen molar-refractivity contribution in [2.75, 3.05) is 19.0 Å². The number of halogens is 1. The van der Waals surface area contributed by atoms with E-state index in [0.717, 1.165) is 0 Å². The van der Waals surface area contributed by atoms with E-state index in [2.05, 4.69) is 26.2 Å². The molecular formula is C9H14BrN3O2. The second kappa shape index (κ2) is 5.27. The molecule has 0 spiro atoms. The Labute approximate surface area is 96.6 Å². The summed E-state index contributed by atoms with van der Waals surface area (Å²) >= 11 is 3.13. The fraction of sp³-hybridized carbons (Fsp3) is 0.556. The van der Waals surface area contributed by atoms with Crippen LogP contribution in [0.5, 0.6) is 0 Å². The third-order valence-corrected chi connectivity index (χ3v) is 2.46. The Hall–Kier alpha value is -0.880. The third kappa shape index (κ3) is 3.04. The van der Waals surface area contributed by atoms with Gasteiger partial charge in [0, 0.05) is 20.2 Å². The molecule has 15 heavy (non-hydrogen) atoms. The number of aromatic nitrogens is 2. The number of hydrogen-bond acceptors (Lipinski definition) is 4. The Bertz CT molecular complexity index is 391.